The van der Waals surface area contributed by atoms with Crippen LogP contribution in [0.25, 0.3) is 11.2 Å². The molecule has 32 heavy (non-hydrogen) atoms. The summed E-state index contributed by atoms with van der Waals surface area (Å²) < 4.78 is 28.3. The monoisotopic (exact) mass is 468 g/mol. The van der Waals surface area contributed by atoms with Crippen LogP contribution in [0, 0.1) is 4.64 Å². The minimum atomic E-state index is -1.52. The lowest BCUT2D eigenvalue weighted by molar-refractivity contribution is -0.262. The summed E-state index contributed by atoms with van der Waals surface area (Å²) in [7, 11) is 1.11. The van der Waals surface area contributed by atoms with E-state index in [1.807, 2.05) is 0 Å². The van der Waals surface area contributed by atoms with Crippen molar-refractivity contribution in [1.29, 1.82) is 0 Å². The summed E-state index contributed by atoms with van der Waals surface area (Å²) in [5.74, 6) is -3.20. The Morgan fingerprint density at radius 2 is 1.59 bits per heavy atom. The van der Waals surface area contributed by atoms with Gasteiger partial charge in [-0.1, -0.05) is 12.2 Å². The van der Waals surface area contributed by atoms with Crippen molar-refractivity contribution in [2.75, 3.05) is 7.11 Å². The molecule has 1 saturated heterocycles. The third-order valence-corrected chi connectivity index (χ3v) is 4.81. The molecule has 0 bridgehead atoms. The molecule has 2 aromatic heterocycles. The van der Waals surface area contributed by atoms with E-state index in [9.17, 15) is 19.2 Å². The number of nitrogens with one attached hydrogen (secondary N) is 1. The zero-order chi connectivity index (χ0) is 23.6. The van der Waals surface area contributed by atoms with Gasteiger partial charge in [0.25, 0.3) is 0 Å². The van der Waals surface area contributed by atoms with Crippen LogP contribution in [-0.2, 0) is 42.9 Å². The Kier molecular flexibility index (Phi) is 6.84. The maximum absolute atomic E-state index is 12.5. The molecule has 5 atom stereocenters. The second-order valence-electron chi connectivity index (χ2n) is 6.75. The number of hydrogen-bond donors (Lipinski definition) is 1. The third kappa shape index (κ3) is 4.60. The van der Waals surface area contributed by atoms with E-state index in [1.54, 1.807) is 0 Å². The van der Waals surface area contributed by atoms with Crippen LogP contribution in [0.1, 0.15) is 27.0 Å². The minimum absolute atomic E-state index is 0.191. The van der Waals surface area contributed by atoms with Gasteiger partial charge in [0.1, 0.15) is 11.2 Å². The molecule has 172 valence electrons. The SMILES string of the molecule is COC(=O)[C@@H]1O[C@H](n2cnc3c(=S)nc[nH]c32)[C@H](OC(C)=O)[C@@H](OC(C)=O)[C@H]1OC(C)=O. The fourth-order valence-corrected chi connectivity index (χ4v) is 3.59. The van der Waals surface area contributed by atoms with Crippen molar-refractivity contribution in [2.45, 2.75) is 51.4 Å². The van der Waals surface area contributed by atoms with Gasteiger partial charge in [-0.25, -0.2) is 14.8 Å². The number of rotatable bonds is 5. The highest BCUT2D eigenvalue weighted by Gasteiger charge is 2.55. The number of H-pyrrole nitrogens is 1. The molecule has 14 heteroatoms. The molecule has 3 rings (SSSR count). The average Bonchev–Trinajstić information content (AvgIpc) is 3.14. The number of ether oxygens (including phenoxy) is 5. The number of aromatic amines is 1. The van der Waals surface area contributed by atoms with Crippen molar-refractivity contribution in [3.8, 4) is 0 Å². The summed E-state index contributed by atoms with van der Waals surface area (Å²) in [5.41, 5.74) is 0.650. The Bertz CT molecular complexity index is 1110. The number of carbonyl (C=O) groups excluding carboxylic acids is 4. The summed E-state index contributed by atoms with van der Waals surface area (Å²) in [5, 5.41) is 0. The number of hydrogen-bond acceptors (Lipinski definition) is 12. The Morgan fingerprint density at radius 3 is 2.19 bits per heavy atom. The summed E-state index contributed by atoms with van der Waals surface area (Å²) in [4.78, 5) is 59.0. The molecule has 0 saturated carbocycles. The Morgan fingerprint density at radius 1 is 1.00 bits per heavy atom. The van der Waals surface area contributed by atoms with E-state index in [4.69, 9.17) is 35.9 Å². The second-order valence-corrected chi connectivity index (χ2v) is 7.14. The van der Waals surface area contributed by atoms with Crippen LogP contribution in [0.4, 0.5) is 0 Å². The van der Waals surface area contributed by atoms with Crippen molar-refractivity contribution in [2.24, 2.45) is 0 Å². The lowest BCUT2D eigenvalue weighted by Gasteiger charge is -2.43. The highest BCUT2D eigenvalue weighted by atomic mass is 32.1. The van der Waals surface area contributed by atoms with E-state index in [2.05, 4.69) is 15.0 Å². The van der Waals surface area contributed by atoms with Crippen molar-refractivity contribution < 1.29 is 42.9 Å². The molecular formula is C18H20N4O9S. The summed E-state index contributed by atoms with van der Waals surface area (Å²) in [6, 6.07) is 0. The molecular weight excluding hydrogens is 448 g/mol. The lowest BCUT2D eigenvalue weighted by atomic mass is 9.96. The average molecular weight is 468 g/mol. The first-order chi connectivity index (χ1) is 15.1. The molecule has 0 unspecified atom stereocenters. The largest absolute Gasteiger partial charge is 0.467 e. The lowest BCUT2D eigenvalue weighted by Crippen LogP contribution is -2.61. The molecule has 0 amide bonds. The summed E-state index contributed by atoms with van der Waals surface area (Å²) in [6.45, 7) is 3.35. The van der Waals surface area contributed by atoms with Gasteiger partial charge in [-0.15, -0.1) is 0 Å². The van der Waals surface area contributed by atoms with Gasteiger partial charge in [0.2, 0.25) is 0 Å². The predicted octanol–water partition coefficient (Wildman–Crippen LogP) is 0.354. The van der Waals surface area contributed by atoms with Gasteiger partial charge in [-0.3, -0.25) is 19.0 Å². The highest BCUT2D eigenvalue weighted by Crippen LogP contribution is 2.36. The van der Waals surface area contributed by atoms with Gasteiger partial charge < -0.3 is 28.7 Å². The fraction of sp³-hybridized carbons (Fsp3) is 0.500. The van der Waals surface area contributed by atoms with Gasteiger partial charge in [0.15, 0.2) is 35.3 Å². The number of esters is 4. The van der Waals surface area contributed by atoms with E-state index < -0.39 is 54.5 Å². The van der Waals surface area contributed by atoms with Crippen LogP contribution >= 0.6 is 12.2 Å². The smallest absolute Gasteiger partial charge is 0.339 e. The van der Waals surface area contributed by atoms with E-state index in [-0.39, 0.29) is 4.64 Å². The predicted molar refractivity (Wildman–Crippen MR) is 105 cm³/mol. The Balaban J connectivity index is 2.19. The number of nitrogens with zero attached hydrogens (tertiary/aromatic N) is 3. The van der Waals surface area contributed by atoms with Gasteiger partial charge in [-0.2, -0.15) is 0 Å². The van der Waals surface area contributed by atoms with Crippen LogP contribution in [0.3, 0.4) is 0 Å². The van der Waals surface area contributed by atoms with E-state index >= 15 is 0 Å². The van der Waals surface area contributed by atoms with Crippen LogP contribution in [0.5, 0.6) is 0 Å². The maximum atomic E-state index is 12.5. The first-order valence-corrected chi connectivity index (χ1v) is 9.70. The van der Waals surface area contributed by atoms with E-state index in [0.717, 1.165) is 27.9 Å². The molecule has 1 aliphatic rings. The van der Waals surface area contributed by atoms with Gasteiger partial charge in [0.05, 0.1) is 19.8 Å². The standard InChI is InChI=1S/C18H20N4O9S/c1-7(23)28-11-12(29-8(2)24)14(18(26)27-4)31-17(13(11)30-9(3)25)22-6-21-10-15(22)19-5-20-16(10)32/h5-6,11-14,17H,1-4H3,(H,19,20,32)/t11-,12+,13+,14+,17-/m0/s1. The molecule has 1 fully saturated rings. The Labute approximate surface area is 186 Å². The van der Waals surface area contributed by atoms with Crippen molar-refractivity contribution in [3.05, 3.63) is 17.3 Å². The first kappa shape index (κ1) is 23.3. The molecule has 2 aromatic rings. The van der Waals surface area contributed by atoms with Crippen molar-refractivity contribution in [1.82, 2.24) is 19.5 Å². The van der Waals surface area contributed by atoms with Crippen LogP contribution in [-0.4, -0.2) is 74.9 Å². The molecule has 0 aromatic carbocycles. The van der Waals surface area contributed by atoms with Gasteiger partial charge >= 0.3 is 23.9 Å². The number of methoxy groups -OCH3 is 1. The maximum Gasteiger partial charge on any atom is 0.339 e. The van der Waals surface area contributed by atoms with Crippen LogP contribution < -0.4 is 0 Å². The van der Waals surface area contributed by atoms with Gasteiger partial charge in [-0.05, 0) is 0 Å². The zero-order valence-electron chi connectivity index (χ0n) is 17.5. The third-order valence-electron chi connectivity index (χ3n) is 4.51. The van der Waals surface area contributed by atoms with E-state index in [0.29, 0.717) is 11.2 Å². The molecule has 0 spiro atoms. The minimum Gasteiger partial charge on any atom is -0.467 e. The molecule has 1 N–H and O–H groups in total. The van der Waals surface area contributed by atoms with Crippen LogP contribution in [0.2, 0.25) is 0 Å². The summed E-state index contributed by atoms with van der Waals surface area (Å²) >= 11 is 5.16. The first-order valence-electron chi connectivity index (χ1n) is 9.29. The second kappa shape index (κ2) is 9.40. The quantitative estimate of drug-likeness (QED) is 0.365. The highest BCUT2D eigenvalue weighted by molar-refractivity contribution is 7.71. The molecule has 1 aliphatic heterocycles. The molecule has 13 nitrogen and oxygen atoms in total. The zero-order valence-corrected chi connectivity index (χ0v) is 18.3. The number of aromatic nitrogens is 4. The van der Waals surface area contributed by atoms with Crippen LogP contribution in [0.15, 0.2) is 12.7 Å². The molecule has 3 heterocycles. The van der Waals surface area contributed by atoms with E-state index in [1.165, 1.54) is 17.2 Å². The number of fused-ring (bicyclic) bond motifs is 1. The molecule has 0 radical (unpaired) electrons. The molecule has 0 aliphatic carbocycles. The van der Waals surface area contributed by atoms with Gasteiger partial charge in [0, 0.05) is 20.8 Å². The fourth-order valence-electron chi connectivity index (χ4n) is 3.39. The number of carbonyl (C=O) groups is 4. The topological polar surface area (TPSA) is 161 Å². The normalized spacial score (nSPS) is 25.1. The number of imidazole rings is 1. The van der Waals surface area contributed by atoms with Crippen molar-refractivity contribution in [3.63, 3.8) is 0 Å². The summed E-state index contributed by atoms with van der Waals surface area (Å²) in [6.07, 6.45) is -4.33. The Hall–Kier alpha value is -3.39. The van der Waals surface area contributed by atoms with Crippen molar-refractivity contribution >= 4 is 47.3 Å².